The average Bonchev–Trinajstić information content (AvgIpc) is 2.73. The van der Waals surface area contributed by atoms with Crippen molar-refractivity contribution in [2.75, 3.05) is 0 Å². The number of hydrogen-bond donors (Lipinski definition) is 1. The van der Waals surface area contributed by atoms with Crippen molar-refractivity contribution < 1.29 is 14.5 Å². The Labute approximate surface area is 162 Å². The Hall–Kier alpha value is -3.67. The van der Waals surface area contributed by atoms with Crippen LogP contribution in [0.4, 0.5) is 5.69 Å². The van der Waals surface area contributed by atoms with E-state index in [1.165, 1.54) is 18.2 Å². The third-order valence-corrected chi connectivity index (χ3v) is 4.26. The van der Waals surface area contributed by atoms with E-state index in [9.17, 15) is 14.9 Å². The van der Waals surface area contributed by atoms with Crippen LogP contribution in [0.1, 0.15) is 24.1 Å². The summed E-state index contributed by atoms with van der Waals surface area (Å²) in [5.74, 6) is -0.0444. The molecule has 0 aliphatic heterocycles. The first kappa shape index (κ1) is 19.1. The lowest BCUT2D eigenvalue weighted by Gasteiger charge is -2.22. The maximum atomic E-state index is 12.8. The van der Waals surface area contributed by atoms with E-state index in [1.54, 1.807) is 13.0 Å². The number of amides is 1. The van der Waals surface area contributed by atoms with Crippen LogP contribution in [0, 0.1) is 10.1 Å². The molecule has 0 saturated heterocycles. The summed E-state index contributed by atoms with van der Waals surface area (Å²) in [6.07, 6.45) is -0.822. The SMILES string of the molecule is C[C@@H](Oc1cccc([N+](=O)[O-])c1)C(=O)NC(c1ccccc1)c1ccccc1. The Morgan fingerprint density at radius 2 is 1.50 bits per heavy atom. The summed E-state index contributed by atoms with van der Waals surface area (Å²) in [6, 6.07) is 24.8. The highest BCUT2D eigenvalue weighted by molar-refractivity contribution is 5.81. The van der Waals surface area contributed by atoms with Gasteiger partial charge in [0, 0.05) is 6.07 Å². The van der Waals surface area contributed by atoms with E-state index >= 15 is 0 Å². The Morgan fingerprint density at radius 3 is 2.04 bits per heavy atom. The van der Waals surface area contributed by atoms with Crippen LogP contribution in [0.5, 0.6) is 5.75 Å². The number of nitro groups is 1. The minimum absolute atomic E-state index is 0.0865. The van der Waals surface area contributed by atoms with E-state index in [2.05, 4.69) is 5.32 Å². The lowest BCUT2D eigenvalue weighted by Crippen LogP contribution is -2.39. The largest absolute Gasteiger partial charge is 0.481 e. The maximum Gasteiger partial charge on any atom is 0.273 e. The average molecular weight is 376 g/mol. The van der Waals surface area contributed by atoms with Gasteiger partial charge in [0.15, 0.2) is 6.10 Å². The van der Waals surface area contributed by atoms with Gasteiger partial charge in [-0.3, -0.25) is 14.9 Å². The van der Waals surface area contributed by atoms with Gasteiger partial charge in [0.25, 0.3) is 11.6 Å². The van der Waals surface area contributed by atoms with Gasteiger partial charge in [-0.1, -0.05) is 66.7 Å². The highest BCUT2D eigenvalue weighted by Gasteiger charge is 2.22. The van der Waals surface area contributed by atoms with Crippen molar-refractivity contribution in [2.45, 2.75) is 19.1 Å². The fourth-order valence-electron chi connectivity index (χ4n) is 2.84. The molecule has 28 heavy (non-hydrogen) atoms. The van der Waals surface area contributed by atoms with Gasteiger partial charge in [-0.15, -0.1) is 0 Å². The number of nitrogens with one attached hydrogen (secondary N) is 1. The van der Waals surface area contributed by atoms with Crippen molar-refractivity contribution in [1.29, 1.82) is 0 Å². The molecule has 6 nitrogen and oxygen atoms in total. The molecule has 0 fully saturated rings. The molecule has 1 amide bonds. The Morgan fingerprint density at radius 1 is 0.929 bits per heavy atom. The van der Waals surface area contributed by atoms with Crippen LogP contribution >= 0.6 is 0 Å². The molecule has 0 unspecified atom stereocenters. The van der Waals surface area contributed by atoms with E-state index in [4.69, 9.17) is 4.74 Å². The van der Waals surface area contributed by atoms with Gasteiger partial charge in [-0.2, -0.15) is 0 Å². The summed E-state index contributed by atoms with van der Waals surface area (Å²) in [5, 5.41) is 13.9. The molecule has 0 heterocycles. The zero-order valence-electron chi connectivity index (χ0n) is 15.3. The van der Waals surface area contributed by atoms with Gasteiger partial charge >= 0.3 is 0 Å². The molecule has 3 aromatic carbocycles. The molecule has 0 spiro atoms. The molecule has 3 rings (SSSR count). The smallest absolute Gasteiger partial charge is 0.273 e. The first-order valence-corrected chi connectivity index (χ1v) is 8.86. The monoisotopic (exact) mass is 376 g/mol. The van der Waals surface area contributed by atoms with E-state index in [0.717, 1.165) is 11.1 Å². The van der Waals surface area contributed by atoms with Crippen LogP contribution in [0.15, 0.2) is 84.9 Å². The summed E-state index contributed by atoms with van der Waals surface area (Å²) in [4.78, 5) is 23.2. The van der Waals surface area contributed by atoms with Gasteiger partial charge in [-0.05, 0) is 24.1 Å². The predicted octanol–water partition coefficient (Wildman–Crippen LogP) is 4.27. The van der Waals surface area contributed by atoms with Crippen LogP contribution in [0.25, 0.3) is 0 Å². The normalized spacial score (nSPS) is 11.6. The topological polar surface area (TPSA) is 81.5 Å². The summed E-state index contributed by atoms with van der Waals surface area (Å²) < 4.78 is 5.62. The van der Waals surface area contributed by atoms with E-state index in [0.29, 0.717) is 0 Å². The second-order valence-electron chi connectivity index (χ2n) is 6.28. The second kappa shape index (κ2) is 8.81. The first-order chi connectivity index (χ1) is 13.5. The van der Waals surface area contributed by atoms with Crippen molar-refractivity contribution in [2.24, 2.45) is 0 Å². The third-order valence-electron chi connectivity index (χ3n) is 4.26. The molecule has 0 aliphatic rings. The summed E-state index contributed by atoms with van der Waals surface area (Å²) in [5.41, 5.74) is 1.81. The lowest BCUT2D eigenvalue weighted by atomic mass is 9.98. The molecule has 1 atom stereocenters. The molecule has 0 bridgehead atoms. The van der Waals surface area contributed by atoms with Crippen molar-refractivity contribution in [3.8, 4) is 5.75 Å². The molecule has 1 N–H and O–H groups in total. The molecular weight excluding hydrogens is 356 g/mol. The predicted molar refractivity (Wildman–Crippen MR) is 106 cm³/mol. The molecule has 142 valence electrons. The summed E-state index contributed by atoms with van der Waals surface area (Å²) in [6.45, 7) is 1.61. The van der Waals surface area contributed by atoms with Gasteiger partial charge in [0.1, 0.15) is 5.75 Å². The fraction of sp³-hybridized carbons (Fsp3) is 0.136. The van der Waals surface area contributed by atoms with Crippen molar-refractivity contribution >= 4 is 11.6 Å². The number of nitro benzene ring substituents is 1. The molecule has 0 aromatic heterocycles. The Bertz CT molecular complexity index is 906. The van der Waals surface area contributed by atoms with Gasteiger partial charge < -0.3 is 10.1 Å². The van der Waals surface area contributed by atoms with Crippen LogP contribution < -0.4 is 10.1 Å². The lowest BCUT2D eigenvalue weighted by molar-refractivity contribution is -0.384. The number of non-ortho nitro benzene ring substituents is 1. The van der Waals surface area contributed by atoms with E-state index in [-0.39, 0.29) is 23.4 Å². The van der Waals surface area contributed by atoms with Gasteiger partial charge in [0.2, 0.25) is 0 Å². The molecule has 0 radical (unpaired) electrons. The highest BCUT2D eigenvalue weighted by Crippen LogP contribution is 2.23. The Kier molecular flexibility index (Phi) is 6.01. The van der Waals surface area contributed by atoms with Crippen LogP contribution in [0.3, 0.4) is 0 Å². The summed E-state index contributed by atoms with van der Waals surface area (Å²) >= 11 is 0. The van der Waals surface area contributed by atoms with Crippen molar-refractivity contribution in [3.05, 3.63) is 106 Å². The second-order valence-corrected chi connectivity index (χ2v) is 6.28. The zero-order chi connectivity index (χ0) is 19.9. The molecular formula is C22H20N2O4. The minimum Gasteiger partial charge on any atom is -0.481 e. The number of carbonyl (C=O) groups is 1. The minimum atomic E-state index is -0.822. The first-order valence-electron chi connectivity index (χ1n) is 8.86. The number of benzene rings is 3. The zero-order valence-corrected chi connectivity index (χ0v) is 15.3. The molecule has 0 aliphatic carbocycles. The molecule has 0 saturated carbocycles. The van der Waals surface area contributed by atoms with Crippen LogP contribution in [-0.4, -0.2) is 16.9 Å². The highest BCUT2D eigenvalue weighted by atomic mass is 16.6. The fourth-order valence-corrected chi connectivity index (χ4v) is 2.84. The van der Waals surface area contributed by atoms with Crippen LogP contribution in [-0.2, 0) is 4.79 Å². The molecule has 6 heteroatoms. The maximum absolute atomic E-state index is 12.8. The number of ether oxygens (including phenoxy) is 1. The standard InChI is InChI=1S/C22H20N2O4/c1-16(28-20-14-8-13-19(15-20)24(26)27)22(25)23-21(17-9-4-2-5-10-17)18-11-6-3-7-12-18/h2-16,21H,1H3,(H,23,25)/t16-/m1/s1. The summed E-state index contributed by atoms with van der Waals surface area (Å²) in [7, 11) is 0. The van der Waals surface area contributed by atoms with Gasteiger partial charge in [0.05, 0.1) is 17.0 Å². The van der Waals surface area contributed by atoms with Crippen molar-refractivity contribution in [3.63, 3.8) is 0 Å². The molecule has 3 aromatic rings. The van der Waals surface area contributed by atoms with E-state index in [1.807, 2.05) is 60.7 Å². The van der Waals surface area contributed by atoms with Gasteiger partial charge in [-0.25, -0.2) is 0 Å². The Balaban J connectivity index is 1.76. The van der Waals surface area contributed by atoms with E-state index < -0.39 is 11.0 Å². The number of hydrogen-bond acceptors (Lipinski definition) is 4. The number of carbonyl (C=O) groups excluding carboxylic acids is 1. The van der Waals surface area contributed by atoms with Crippen molar-refractivity contribution in [1.82, 2.24) is 5.32 Å². The van der Waals surface area contributed by atoms with Crippen LogP contribution in [0.2, 0.25) is 0 Å². The third kappa shape index (κ3) is 4.73. The number of nitrogens with zero attached hydrogens (tertiary/aromatic N) is 1. The quantitative estimate of drug-likeness (QED) is 0.493. The number of rotatable bonds is 7.